The molecule has 0 saturated heterocycles. The van der Waals surface area contributed by atoms with Crippen LogP contribution in [0.25, 0.3) is 11.1 Å². The molecule has 7 heteroatoms. The van der Waals surface area contributed by atoms with E-state index in [-0.39, 0.29) is 18.3 Å². The Morgan fingerprint density at radius 2 is 1.50 bits per heavy atom. The summed E-state index contributed by atoms with van der Waals surface area (Å²) in [7, 11) is 0. The first-order valence-electron chi connectivity index (χ1n) is 9.30. The van der Waals surface area contributed by atoms with Crippen molar-refractivity contribution in [2.75, 3.05) is 11.9 Å². The zero-order chi connectivity index (χ0) is 21.5. The van der Waals surface area contributed by atoms with E-state index in [1.165, 1.54) is 0 Å². The van der Waals surface area contributed by atoms with Crippen LogP contribution in [0.15, 0.2) is 78.0 Å². The summed E-state index contributed by atoms with van der Waals surface area (Å²) in [6, 6.07) is 20.6. The standard InChI is InChI=1S/C23H21N3O4/c1-2-30-23(28)20-10-6-4-8-18(20)17-7-3-5-9-19(17)22(27)25-16-13-11-15(12-14-16)21(24)26-29/h3-14,29H,2H2,1H3,(H2,24,26)(H,25,27). The van der Waals surface area contributed by atoms with Crippen LogP contribution in [0.2, 0.25) is 0 Å². The van der Waals surface area contributed by atoms with Crippen molar-refractivity contribution in [2.45, 2.75) is 6.92 Å². The number of carbonyl (C=O) groups is 2. The monoisotopic (exact) mass is 403 g/mol. The van der Waals surface area contributed by atoms with E-state index in [2.05, 4.69) is 10.5 Å². The lowest BCUT2D eigenvalue weighted by molar-refractivity contribution is 0.0527. The maximum absolute atomic E-state index is 13.0. The summed E-state index contributed by atoms with van der Waals surface area (Å²) in [5.41, 5.74) is 8.66. The number of rotatable bonds is 6. The second-order valence-corrected chi connectivity index (χ2v) is 6.33. The number of hydrogen-bond donors (Lipinski definition) is 3. The van der Waals surface area contributed by atoms with Gasteiger partial charge in [-0.3, -0.25) is 4.79 Å². The van der Waals surface area contributed by atoms with Crippen LogP contribution < -0.4 is 11.1 Å². The van der Waals surface area contributed by atoms with Gasteiger partial charge >= 0.3 is 5.97 Å². The molecule has 4 N–H and O–H groups in total. The number of amidine groups is 1. The Morgan fingerprint density at radius 1 is 0.933 bits per heavy atom. The van der Waals surface area contributed by atoms with Crippen molar-refractivity contribution in [1.29, 1.82) is 0 Å². The fourth-order valence-electron chi connectivity index (χ4n) is 3.00. The molecule has 0 fully saturated rings. The number of amides is 1. The van der Waals surface area contributed by atoms with Crippen LogP contribution in [0.1, 0.15) is 33.2 Å². The van der Waals surface area contributed by atoms with Gasteiger partial charge in [-0.1, -0.05) is 41.6 Å². The lowest BCUT2D eigenvalue weighted by Crippen LogP contribution is -2.15. The fourth-order valence-corrected chi connectivity index (χ4v) is 3.00. The number of hydrogen-bond acceptors (Lipinski definition) is 5. The lowest BCUT2D eigenvalue weighted by Gasteiger charge is -2.13. The number of nitrogens with two attached hydrogens (primary N) is 1. The molecule has 0 aliphatic heterocycles. The van der Waals surface area contributed by atoms with Crippen LogP contribution in [0, 0.1) is 0 Å². The summed E-state index contributed by atoms with van der Waals surface area (Å²) in [5.74, 6) is -0.795. The third-order valence-corrected chi connectivity index (χ3v) is 4.43. The highest BCUT2D eigenvalue weighted by Crippen LogP contribution is 2.28. The molecule has 0 bridgehead atoms. The van der Waals surface area contributed by atoms with Gasteiger partial charge in [-0.05, 0) is 54.4 Å². The molecule has 30 heavy (non-hydrogen) atoms. The van der Waals surface area contributed by atoms with Gasteiger partial charge in [0.15, 0.2) is 5.84 Å². The summed E-state index contributed by atoms with van der Waals surface area (Å²) in [5, 5.41) is 14.5. The number of carbonyl (C=O) groups excluding carboxylic acids is 2. The van der Waals surface area contributed by atoms with E-state index in [0.29, 0.717) is 33.5 Å². The first-order valence-corrected chi connectivity index (χ1v) is 9.30. The Bertz CT molecular complexity index is 1090. The second-order valence-electron chi connectivity index (χ2n) is 6.33. The minimum Gasteiger partial charge on any atom is -0.462 e. The average Bonchev–Trinajstić information content (AvgIpc) is 2.79. The zero-order valence-corrected chi connectivity index (χ0v) is 16.3. The molecule has 0 saturated carbocycles. The Morgan fingerprint density at radius 3 is 2.10 bits per heavy atom. The van der Waals surface area contributed by atoms with Crippen molar-refractivity contribution in [3.8, 4) is 11.1 Å². The van der Waals surface area contributed by atoms with Crippen molar-refractivity contribution in [1.82, 2.24) is 0 Å². The van der Waals surface area contributed by atoms with E-state index in [9.17, 15) is 9.59 Å². The Hall–Kier alpha value is -4.13. The molecule has 3 aromatic carbocycles. The Labute approximate surface area is 173 Å². The highest BCUT2D eigenvalue weighted by molar-refractivity contribution is 6.10. The molecule has 0 radical (unpaired) electrons. The number of oxime groups is 1. The molecule has 7 nitrogen and oxygen atoms in total. The normalized spacial score (nSPS) is 11.0. The van der Waals surface area contributed by atoms with E-state index >= 15 is 0 Å². The van der Waals surface area contributed by atoms with Crippen LogP contribution in [-0.4, -0.2) is 29.5 Å². The highest BCUT2D eigenvalue weighted by Gasteiger charge is 2.18. The van der Waals surface area contributed by atoms with Gasteiger partial charge < -0.3 is 21.0 Å². The first-order chi connectivity index (χ1) is 14.5. The first kappa shape index (κ1) is 20.6. The second kappa shape index (κ2) is 9.38. The molecule has 152 valence electrons. The van der Waals surface area contributed by atoms with E-state index in [1.54, 1.807) is 79.7 Å². The minimum atomic E-state index is -0.443. The van der Waals surface area contributed by atoms with E-state index < -0.39 is 5.97 Å². The summed E-state index contributed by atoms with van der Waals surface area (Å²) in [6.07, 6.45) is 0. The van der Waals surface area contributed by atoms with Crippen LogP contribution in [-0.2, 0) is 4.74 Å². The topological polar surface area (TPSA) is 114 Å². The van der Waals surface area contributed by atoms with Gasteiger partial charge in [-0.25, -0.2) is 4.79 Å². The van der Waals surface area contributed by atoms with Crippen LogP contribution in [0.5, 0.6) is 0 Å². The molecule has 0 aliphatic rings. The van der Waals surface area contributed by atoms with E-state index in [4.69, 9.17) is 15.7 Å². The maximum Gasteiger partial charge on any atom is 0.338 e. The molecule has 0 unspecified atom stereocenters. The molecule has 0 aliphatic carbocycles. The van der Waals surface area contributed by atoms with Gasteiger partial charge in [0, 0.05) is 16.8 Å². The smallest absolute Gasteiger partial charge is 0.338 e. The maximum atomic E-state index is 13.0. The number of ether oxygens (including phenoxy) is 1. The predicted octanol–water partition coefficient (Wildman–Crippen LogP) is 3.88. The average molecular weight is 403 g/mol. The van der Waals surface area contributed by atoms with Crippen molar-refractivity contribution in [3.05, 3.63) is 89.5 Å². The molecule has 0 atom stereocenters. The summed E-state index contributed by atoms with van der Waals surface area (Å²) in [4.78, 5) is 25.3. The summed E-state index contributed by atoms with van der Waals surface area (Å²) in [6.45, 7) is 2.00. The Kier molecular flexibility index (Phi) is 6.44. The summed E-state index contributed by atoms with van der Waals surface area (Å²) >= 11 is 0. The SMILES string of the molecule is CCOC(=O)c1ccccc1-c1ccccc1C(=O)Nc1ccc(C(N)=NO)cc1. The van der Waals surface area contributed by atoms with Crippen molar-refractivity contribution < 1.29 is 19.5 Å². The molecule has 0 spiro atoms. The van der Waals surface area contributed by atoms with Crippen molar-refractivity contribution >= 4 is 23.4 Å². The molecule has 3 rings (SSSR count). The number of esters is 1. The minimum absolute atomic E-state index is 0.0196. The largest absolute Gasteiger partial charge is 0.462 e. The van der Waals surface area contributed by atoms with Crippen molar-refractivity contribution in [2.24, 2.45) is 10.9 Å². The van der Waals surface area contributed by atoms with Gasteiger partial charge in [0.1, 0.15) is 0 Å². The van der Waals surface area contributed by atoms with Gasteiger partial charge in [0.25, 0.3) is 5.91 Å². The number of nitrogens with zero attached hydrogens (tertiary/aromatic N) is 1. The number of nitrogens with one attached hydrogen (secondary N) is 1. The highest BCUT2D eigenvalue weighted by atomic mass is 16.5. The van der Waals surface area contributed by atoms with Gasteiger partial charge in [-0.15, -0.1) is 0 Å². The molecular formula is C23H21N3O4. The van der Waals surface area contributed by atoms with Crippen molar-refractivity contribution in [3.63, 3.8) is 0 Å². The molecule has 0 heterocycles. The predicted molar refractivity (Wildman–Crippen MR) is 115 cm³/mol. The molecule has 3 aromatic rings. The van der Waals surface area contributed by atoms with Gasteiger partial charge in [0.05, 0.1) is 12.2 Å². The Balaban J connectivity index is 1.93. The molecule has 1 amide bonds. The third-order valence-electron chi connectivity index (χ3n) is 4.43. The van der Waals surface area contributed by atoms with Gasteiger partial charge in [0.2, 0.25) is 0 Å². The fraction of sp³-hybridized carbons (Fsp3) is 0.0870. The lowest BCUT2D eigenvalue weighted by atomic mass is 9.95. The molecule has 0 aromatic heterocycles. The van der Waals surface area contributed by atoms with Crippen LogP contribution >= 0.6 is 0 Å². The van der Waals surface area contributed by atoms with E-state index in [1.807, 2.05) is 0 Å². The number of anilines is 1. The van der Waals surface area contributed by atoms with Gasteiger partial charge in [-0.2, -0.15) is 0 Å². The van der Waals surface area contributed by atoms with Crippen LogP contribution in [0.4, 0.5) is 5.69 Å². The van der Waals surface area contributed by atoms with Crippen LogP contribution in [0.3, 0.4) is 0 Å². The summed E-state index contributed by atoms with van der Waals surface area (Å²) < 4.78 is 5.15. The third kappa shape index (κ3) is 4.47. The quantitative estimate of drug-likeness (QED) is 0.190. The zero-order valence-electron chi connectivity index (χ0n) is 16.3. The van der Waals surface area contributed by atoms with E-state index in [0.717, 1.165) is 0 Å². The number of benzene rings is 3. The molecular weight excluding hydrogens is 382 g/mol.